The van der Waals surface area contributed by atoms with Crippen LogP contribution in [0.25, 0.3) is 11.3 Å². The second kappa shape index (κ2) is 4.15. The van der Waals surface area contributed by atoms with Crippen LogP contribution >= 0.6 is 23.2 Å². The number of halogens is 2. The van der Waals surface area contributed by atoms with Gasteiger partial charge >= 0.3 is 5.97 Å². The fourth-order valence-corrected chi connectivity index (χ4v) is 2.00. The highest BCUT2D eigenvalue weighted by Gasteiger charge is 2.15. The number of H-pyrrole nitrogens is 1. The number of aromatic amines is 1. The topological polar surface area (TPSA) is 66.0 Å². The number of aromatic nitrogens is 2. The summed E-state index contributed by atoms with van der Waals surface area (Å²) >= 11 is 11.7. The Kier molecular flexibility index (Phi) is 2.85. The zero-order valence-corrected chi connectivity index (χ0v) is 9.38. The second-order valence-corrected chi connectivity index (χ2v) is 3.90. The van der Waals surface area contributed by atoms with Gasteiger partial charge in [0.05, 0.1) is 33.8 Å². The largest absolute Gasteiger partial charge is 0.478 e. The third kappa shape index (κ3) is 1.89. The molecule has 82 valence electrons. The summed E-state index contributed by atoms with van der Waals surface area (Å²) in [7, 11) is 0. The number of carbonyl (C=O) groups is 1. The molecular weight excluding hydrogens is 251 g/mol. The van der Waals surface area contributed by atoms with E-state index in [4.69, 9.17) is 28.3 Å². The van der Waals surface area contributed by atoms with Crippen LogP contribution < -0.4 is 0 Å². The Hall–Kier alpha value is -1.52. The van der Waals surface area contributed by atoms with Gasteiger partial charge < -0.3 is 10.1 Å². The molecule has 0 aliphatic rings. The molecule has 0 spiro atoms. The molecular formula is C10H6Cl2N2O2. The number of aromatic carboxylic acids is 1. The fraction of sp³-hybridized carbons (Fsp3) is 0. The van der Waals surface area contributed by atoms with Crippen LogP contribution in [0.2, 0.25) is 10.0 Å². The summed E-state index contributed by atoms with van der Waals surface area (Å²) in [6, 6.07) is 3.06. The molecule has 0 saturated heterocycles. The smallest absolute Gasteiger partial charge is 0.338 e. The standard InChI is InChI=1S/C10H6Cl2N2O2/c11-6-1-5(8-3-13-4-14-8)2-7(12)9(6)10(15)16/h1-4H,(H,13,14)(H,15,16). The third-order valence-corrected chi connectivity index (χ3v) is 2.66. The van der Waals surface area contributed by atoms with Crippen molar-refractivity contribution in [2.75, 3.05) is 0 Å². The van der Waals surface area contributed by atoms with Crippen molar-refractivity contribution in [1.29, 1.82) is 0 Å². The molecule has 0 radical (unpaired) electrons. The Morgan fingerprint density at radius 3 is 2.38 bits per heavy atom. The van der Waals surface area contributed by atoms with E-state index in [0.717, 1.165) is 5.69 Å². The van der Waals surface area contributed by atoms with Crippen LogP contribution in [0, 0.1) is 0 Å². The van der Waals surface area contributed by atoms with Gasteiger partial charge in [0.25, 0.3) is 0 Å². The summed E-state index contributed by atoms with van der Waals surface area (Å²) in [5, 5.41) is 9.08. The first kappa shape index (κ1) is 11.0. The molecule has 0 saturated carbocycles. The minimum Gasteiger partial charge on any atom is -0.478 e. The highest BCUT2D eigenvalue weighted by molar-refractivity contribution is 6.39. The van der Waals surface area contributed by atoms with Crippen molar-refractivity contribution >= 4 is 29.2 Å². The molecule has 4 nitrogen and oxygen atoms in total. The third-order valence-electron chi connectivity index (χ3n) is 2.07. The molecule has 0 fully saturated rings. The molecule has 1 aromatic heterocycles. The van der Waals surface area contributed by atoms with Crippen molar-refractivity contribution in [2.24, 2.45) is 0 Å². The predicted octanol–water partition coefficient (Wildman–Crippen LogP) is 3.08. The van der Waals surface area contributed by atoms with Crippen LogP contribution in [0.15, 0.2) is 24.7 Å². The van der Waals surface area contributed by atoms with Gasteiger partial charge in [-0.3, -0.25) is 0 Å². The quantitative estimate of drug-likeness (QED) is 0.868. The lowest BCUT2D eigenvalue weighted by Crippen LogP contribution is -1.99. The monoisotopic (exact) mass is 256 g/mol. The zero-order chi connectivity index (χ0) is 11.7. The van der Waals surface area contributed by atoms with Crippen LogP contribution in [0.3, 0.4) is 0 Å². The van der Waals surface area contributed by atoms with E-state index in [1.807, 2.05) is 0 Å². The Morgan fingerprint density at radius 2 is 1.94 bits per heavy atom. The maximum Gasteiger partial charge on any atom is 0.338 e. The number of nitrogens with one attached hydrogen (secondary N) is 1. The Labute approximate surface area is 101 Å². The number of imidazole rings is 1. The van der Waals surface area contributed by atoms with Crippen LogP contribution in [-0.2, 0) is 0 Å². The molecule has 0 aliphatic carbocycles. The van der Waals surface area contributed by atoms with E-state index in [9.17, 15) is 4.79 Å². The zero-order valence-electron chi connectivity index (χ0n) is 7.87. The van der Waals surface area contributed by atoms with Crippen molar-refractivity contribution in [3.05, 3.63) is 40.3 Å². The number of benzene rings is 1. The van der Waals surface area contributed by atoms with E-state index in [0.29, 0.717) is 5.56 Å². The van der Waals surface area contributed by atoms with Crippen LogP contribution in [0.1, 0.15) is 10.4 Å². The van der Waals surface area contributed by atoms with E-state index >= 15 is 0 Å². The van der Waals surface area contributed by atoms with E-state index in [-0.39, 0.29) is 15.6 Å². The lowest BCUT2D eigenvalue weighted by molar-refractivity contribution is 0.0697. The molecule has 2 N–H and O–H groups in total. The SMILES string of the molecule is O=C(O)c1c(Cl)cc(-c2cnc[nH]2)cc1Cl. The molecule has 0 unspecified atom stereocenters. The molecule has 0 atom stereocenters. The summed E-state index contributed by atoms with van der Waals surface area (Å²) in [6.45, 7) is 0. The number of carboxylic acid groups (broad SMARTS) is 1. The van der Waals surface area contributed by atoms with E-state index in [2.05, 4.69) is 9.97 Å². The fourth-order valence-electron chi connectivity index (χ4n) is 1.35. The first-order valence-electron chi connectivity index (χ1n) is 4.30. The van der Waals surface area contributed by atoms with Crippen molar-refractivity contribution in [3.8, 4) is 11.3 Å². The average molecular weight is 257 g/mol. The molecule has 2 aromatic rings. The predicted molar refractivity (Wildman–Crippen MR) is 61.0 cm³/mol. The van der Waals surface area contributed by atoms with Gasteiger partial charge in [-0.2, -0.15) is 0 Å². The van der Waals surface area contributed by atoms with Crippen molar-refractivity contribution in [2.45, 2.75) is 0 Å². The highest BCUT2D eigenvalue weighted by Crippen LogP contribution is 2.30. The maximum absolute atomic E-state index is 10.9. The van der Waals surface area contributed by atoms with Crippen molar-refractivity contribution in [3.63, 3.8) is 0 Å². The Bertz CT molecular complexity index is 515. The number of rotatable bonds is 2. The first-order chi connectivity index (χ1) is 7.59. The summed E-state index contributed by atoms with van der Waals surface area (Å²) in [6.07, 6.45) is 3.12. The molecule has 0 aliphatic heterocycles. The van der Waals surface area contributed by atoms with Gasteiger partial charge in [-0.1, -0.05) is 23.2 Å². The van der Waals surface area contributed by atoms with Crippen molar-refractivity contribution < 1.29 is 9.90 Å². The first-order valence-corrected chi connectivity index (χ1v) is 5.06. The molecule has 0 bridgehead atoms. The number of hydrogen-bond acceptors (Lipinski definition) is 2. The minimum absolute atomic E-state index is 0.0911. The molecule has 0 amide bonds. The summed E-state index contributed by atoms with van der Waals surface area (Å²) in [5.41, 5.74) is 1.32. The number of carboxylic acids is 1. The Morgan fingerprint density at radius 1 is 1.31 bits per heavy atom. The normalized spacial score (nSPS) is 10.4. The van der Waals surface area contributed by atoms with E-state index in [1.54, 1.807) is 6.20 Å². The molecule has 1 aromatic carbocycles. The lowest BCUT2D eigenvalue weighted by atomic mass is 10.1. The minimum atomic E-state index is -1.15. The average Bonchev–Trinajstić information content (AvgIpc) is 2.67. The van der Waals surface area contributed by atoms with Crippen LogP contribution in [0.4, 0.5) is 0 Å². The van der Waals surface area contributed by atoms with Crippen LogP contribution in [-0.4, -0.2) is 21.0 Å². The molecule has 2 rings (SSSR count). The second-order valence-electron chi connectivity index (χ2n) is 3.09. The van der Waals surface area contributed by atoms with Gasteiger partial charge in [0, 0.05) is 5.56 Å². The summed E-state index contributed by atoms with van der Waals surface area (Å²) in [4.78, 5) is 17.6. The van der Waals surface area contributed by atoms with Gasteiger partial charge in [-0.25, -0.2) is 9.78 Å². The van der Waals surface area contributed by atoms with Crippen molar-refractivity contribution in [1.82, 2.24) is 9.97 Å². The number of hydrogen-bond donors (Lipinski definition) is 2. The molecule has 6 heteroatoms. The molecule has 1 heterocycles. The maximum atomic E-state index is 10.9. The summed E-state index contributed by atoms with van der Waals surface area (Å²) < 4.78 is 0. The van der Waals surface area contributed by atoms with E-state index in [1.165, 1.54) is 18.5 Å². The lowest BCUT2D eigenvalue weighted by Gasteiger charge is -2.05. The van der Waals surface area contributed by atoms with Crippen LogP contribution in [0.5, 0.6) is 0 Å². The van der Waals surface area contributed by atoms with Gasteiger partial charge in [-0.15, -0.1) is 0 Å². The Balaban J connectivity index is 2.58. The highest BCUT2D eigenvalue weighted by atomic mass is 35.5. The summed E-state index contributed by atoms with van der Waals surface area (Å²) in [5.74, 6) is -1.15. The van der Waals surface area contributed by atoms with Gasteiger partial charge in [-0.05, 0) is 12.1 Å². The van der Waals surface area contributed by atoms with Gasteiger partial charge in [0.2, 0.25) is 0 Å². The van der Waals surface area contributed by atoms with Gasteiger partial charge in [0.15, 0.2) is 0 Å². The number of nitrogens with zero attached hydrogens (tertiary/aromatic N) is 1. The van der Waals surface area contributed by atoms with Gasteiger partial charge in [0.1, 0.15) is 0 Å². The molecule has 16 heavy (non-hydrogen) atoms. The van der Waals surface area contributed by atoms with E-state index < -0.39 is 5.97 Å².